The van der Waals surface area contributed by atoms with Crippen molar-refractivity contribution in [2.45, 2.75) is 32.6 Å². The summed E-state index contributed by atoms with van der Waals surface area (Å²) in [5.74, 6) is 2.04. The summed E-state index contributed by atoms with van der Waals surface area (Å²) < 4.78 is 11.1. The highest BCUT2D eigenvalue weighted by molar-refractivity contribution is 9.10. The van der Waals surface area contributed by atoms with E-state index in [-0.39, 0.29) is 0 Å². The first kappa shape index (κ1) is 17.3. The average Bonchev–Trinajstić information content (AvgIpc) is 2.41. The number of hydrogen-bond donors (Lipinski definition) is 1. The van der Waals surface area contributed by atoms with Crippen LogP contribution in [0.1, 0.15) is 38.4 Å². The van der Waals surface area contributed by atoms with Gasteiger partial charge in [0.25, 0.3) is 0 Å². The number of nitrogens with zero attached hydrogens (tertiary/aromatic N) is 2. The van der Waals surface area contributed by atoms with Gasteiger partial charge in [0.2, 0.25) is 0 Å². The maximum Gasteiger partial charge on any atom is 0.134 e. The van der Waals surface area contributed by atoms with Crippen LogP contribution in [-0.4, -0.2) is 43.4 Å². The van der Waals surface area contributed by atoms with E-state index < -0.39 is 0 Å². The molecule has 20 heavy (non-hydrogen) atoms. The van der Waals surface area contributed by atoms with Crippen LogP contribution in [0.3, 0.4) is 0 Å². The van der Waals surface area contributed by atoms with E-state index in [0.717, 1.165) is 42.2 Å². The molecule has 1 aromatic rings. The number of rotatable bonds is 10. The van der Waals surface area contributed by atoms with Crippen molar-refractivity contribution < 1.29 is 9.47 Å². The lowest BCUT2D eigenvalue weighted by Gasteiger charge is -2.09. The van der Waals surface area contributed by atoms with Gasteiger partial charge in [0.05, 0.1) is 13.2 Å². The van der Waals surface area contributed by atoms with Crippen molar-refractivity contribution in [3.63, 3.8) is 0 Å². The van der Waals surface area contributed by atoms with E-state index >= 15 is 0 Å². The van der Waals surface area contributed by atoms with Crippen LogP contribution < -0.4 is 5.32 Å². The van der Waals surface area contributed by atoms with Gasteiger partial charge >= 0.3 is 0 Å². The Hall–Kier alpha value is -0.720. The molecule has 1 N–H and O–H groups in total. The Labute approximate surface area is 129 Å². The molecule has 5 nitrogen and oxygen atoms in total. The van der Waals surface area contributed by atoms with E-state index in [1.165, 1.54) is 0 Å². The standard InChI is InChI=1S/C14H24BrN3O2/c1-11(2)14-17-12(15)10-13(18-14)16-6-4-5-7-20-9-8-19-3/h10-11H,4-9H2,1-3H3,(H,16,17,18). The topological polar surface area (TPSA) is 56.3 Å². The molecule has 0 aromatic carbocycles. The Kier molecular flexibility index (Phi) is 8.73. The quantitative estimate of drug-likeness (QED) is 0.521. The van der Waals surface area contributed by atoms with Crippen molar-refractivity contribution >= 4 is 21.7 Å². The number of ether oxygens (including phenoxy) is 2. The van der Waals surface area contributed by atoms with Gasteiger partial charge in [0.1, 0.15) is 16.2 Å². The van der Waals surface area contributed by atoms with Crippen LogP contribution in [-0.2, 0) is 9.47 Å². The number of anilines is 1. The second-order valence-electron chi connectivity index (χ2n) is 4.83. The molecule has 0 radical (unpaired) electrons. The van der Waals surface area contributed by atoms with Crippen molar-refractivity contribution in [3.8, 4) is 0 Å². The molecule has 6 heteroatoms. The van der Waals surface area contributed by atoms with E-state index in [0.29, 0.717) is 19.1 Å². The zero-order valence-corrected chi connectivity index (χ0v) is 14.1. The summed E-state index contributed by atoms with van der Waals surface area (Å²) in [7, 11) is 1.68. The lowest BCUT2D eigenvalue weighted by Crippen LogP contribution is -2.08. The molecule has 0 fully saturated rings. The van der Waals surface area contributed by atoms with Gasteiger partial charge in [0, 0.05) is 32.2 Å². The summed E-state index contributed by atoms with van der Waals surface area (Å²) >= 11 is 3.42. The first-order valence-electron chi connectivity index (χ1n) is 6.98. The van der Waals surface area contributed by atoms with Gasteiger partial charge in [-0.3, -0.25) is 0 Å². The molecule has 0 bridgehead atoms. The molecule has 0 aliphatic carbocycles. The summed E-state index contributed by atoms with van der Waals surface area (Å²) in [6.45, 7) is 7.15. The zero-order valence-electron chi connectivity index (χ0n) is 12.5. The molecule has 114 valence electrons. The van der Waals surface area contributed by atoms with E-state index in [4.69, 9.17) is 9.47 Å². The third-order valence-corrected chi connectivity index (χ3v) is 3.09. The van der Waals surface area contributed by atoms with Crippen molar-refractivity contribution in [2.75, 3.05) is 38.8 Å². The monoisotopic (exact) mass is 345 g/mol. The Morgan fingerprint density at radius 1 is 1.20 bits per heavy atom. The molecule has 0 unspecified atom stereocenters. The molecule has 0 saturated carbocycles. The number of halogens is 1. The minimum absolute atomic E-state index is 0.322. The fourth-order valence-electron chi connectivity index (χ4n) is 1.57. The van der Waals surface area contributed by atoms with Crippen LogP contribution in [0, 0.1) is 0 Å². The lowest BCUT2D eigenvalue weighted by molar-refractivity contribution is 0.0691. The van der Waals surface area contributed by atoms with Crippen LogP contribution in [0.5, 0.6) is 0 Å². The third kappa shape index (κ3) is 7.17. The first-order valence-corrected chi connectivity index (χ1v) is 7.77. The summed E-state index contributed by atoms with van der Waals surface area (Å²) in [5.41, 5.74) is 0. The molecular formula is C14H24BrN3O2. The minimum Gasteiger partial charge on any atom is -0.382 e. The summed E-state index contributed by atoms with van der Waals surface area (Å²) in [4.78, 5) is 8.84. The highest BCUT2D eigenvalue weighted by atomic mass is 79.9. The number of unbranched alkanes of at least 4 members (excludes halogenated alkanes) is 1. The summed E-state index contributed by atoms with van der Waals surface area (Å²) in [6.07, 6.45) is 2.08. The number of nitrogens with one attached hydrogen (secondary N) is 1. The lowest BCUT2D eigenvalue weighted by atomic mass is 10.2. The highest BCUT2D eigenvalue weighted by Crippen LogP contribution is 2.17. The van der Waals surface area contributed by atoms with Crippen LogP contribution >= 0.6 is 15.9 Å². The SMILES string of the molecule is COCCOCCCCNc1cc(Br)nc(C(C)C)n1. The predicted molar refractivity (Wildman–Crippen MR) is 84.2 cm³/mol. The number of aromatic nitrogens is 2. The van der Waals surface area contributed by atoms with Crippen molar-refractivity contribution in [1.29, 1.82) is 0 Å². The largest absolute Gasteiger partial charge is 0.382 e. The number of methoxy groups -OCH3 is 1. The maximum atomic E-state index is 5.41. The second kappa shape index (κ2) is 10.1. The Morgan fingerprint density at radius 3 is 2.70 bits per heavy atom. The van der Waals surface area contributed by atoms with E-state index in [9.17, 15) is 0 Å². The Bertz CT molecular complexity index is 389. The highest BCUT2D eigenvalue weighted by Gasteiger charge is 2.06. The third-order valence-electron chi connectivity index (χ3n) is 2.68. The second-order valence-corrected chi connectivity index (χ2v) is 5.64. The fourth-order valence-corrected chi connectivity index (χ4v) is 1.97. The predicted octanol–water partition coefficient (Wildman–Crippen LogP) is 3.22. The molecule has 1 aromatic heterocycles. The molecule has 1 heterocycles. The van der Waals surface area contributed by atoms with Crippen LogP contribution in [0.4, 0.5) is 5.82 Å². The van der Waals surface area contributed by atoms with Crippen molar-refractivity contribution in [2.24, 2.45) is 0 Å². The minimum atomic E-state index is 0.322. The normalized spacial score (nSPS) is 11.1. The van der Waals surface area contributed by atoms with Gasteiger partial charge in [-0.2, -0.15) is 0 Å². The fraction of sp³-hybridized carbons (Fsp3) is 0.714. The zero-order chi connectivity index (χ0) is 14.8. The molecule has 0 aliphatic rings. The first-order chi connectivity index (χ1) is 9.63. The Morgan fingerprint density at radius 2 is 2.00 bits per heavy atom. The molecule has 0 amide bonds. The van der Waals surface area contributed by atoms with Gasteiger partial charge in [-0.05, 0) is 28.8 Å². The molecule has 1 rings (SSSR count). The maximum absolute atomic E-state index is 5.41. The average molecular weight is 346 g/mol. The van der Waals surface area contributed by atoms with Gasteiger partial charge in [-0.1, -0.05) is 13.8 Å². The van der Waals surface area contributed by atoms with Crippen LogP contribution in [0.15, 0.2) is 10.7 Å². The molecule has 0 saturated heterocycles. The van der Waals surface area contributed by atoms with E-state index in [2.05, 4.69) is 45.1 Å². The van der Waals surface area contributed by atoms with Gasteiger partial charge < -0.3 is 14.8 Å². The summed E-state index contributed by atoms with van der Waals surface area (Å²) in [6, 6.07) is 1.90. The van der Waals surface area contributed by atoms with Crippen molar-refractivity contribution in [1.82, 2.24) is 9.97 Å². The van der Waals surface area contributed by atoms with Gasteiger partial charge in [0.15, 0.2) is 0 Å². The van der Waals surface area contributed by atoms with Gasteiger partial charge in [-0.15, -0.1) is 0 Å². The molecular weight excluding hydrogens is 322 g/mol. The molecule has 0 atom stereocenters. The van der Waals surface area contributed by atoms with E-state index in [1.807, 2.05) is 6.07 Å². The van der Waals surface area contributed by atoms with Crippen LogP contribution in [0.25, 0.3) is 0 Å². The molecule has 0 aliphatic heterocycles. The van der Waals surface area contributed by atoms with Crippen molar-refractivity contribution in [3.05, 3.63) is 16.5 Å². The van der Waals surface area contributed by atoms with Gasteiger partial charge in [-0.25, -0.2) is 9.97 Å². The van der Waals surface area contributed by atoms with Crippen LogP contribution in [0.2, 0.25) is 0 Å². The molecule has 0 spiro atoms. The van der Waals surface area contributed by atoms with E-state index in [1.54, 1.807) is 7.11 Å². The summed E-state index contributed by atoms with van der Waals surface area (Å²) in [5, 5.41) is 3.32. The smallest absolute Gasteiger partial charge is 0.134 e. The number of hydrogen-bond acceptors (Lipinski definition) is 5. The Balaban J connectivity index is 2.21.